The molecule has 2 aromatic rings. The molecule has 1 heterocycles. The van der Waals surface area contributed by atoms with Gasteiger partial charge in [-0.25, -0.2) is 0 Å². The van der Waals surface area contributed by atoms with Gasteiger partial charge in [0, 0.05) is 31.8 Å². The third-order valence-electron chi connectivity index (χ3n) is 2.86. The number of aryl methyl sites for hydroxylation is 1. The Labute approximate surface area is 123 Å². The Bertz CT molecular complexity index is 680. The average molecular weight is 283 g/mol. The number of amides is 1. The van der Waals surface area contributed by atoms with Crippen molar-refractivity contribution in [1.82, 2.24) is 15.1 Å². The lowest BCUT2D eigenvalue weighted by molar-refractivity contribution is 0.0945. The molecule has 0 fully saturated rings. The molecule has 21 heavy (non-hydrogen) atoms. The van der Waals surface area contributed by atoms with Crippen LogP contribution in [0.25, 0.3) is 0 Å². The minimum absolute atomic E-state index is 0.0472. The van der Waals surface area contributed by atoms with Crippen molar-refractivity contribution in [3.05, 3.63) is 53.3 Å². The Hall–Kier alpha value is -2.58. The quantitative estimate of drug-likeness (QED) is 0.825. The second-order valence-corrected chi connectivity index (χ2v) is 4.49. The van der Waals surface area contributed by atoms with E-state index in [0.717, 1.165) is 11.1 Å². The van der Waals surface area contributed by atoms with E-state index in [4.69, 9.17) is 5.11 Å². The van der Waals surface area contributed by atoms with Crippen molar-refractivity contribution in [2.75, 3.05) is 6.61 Å². The third kappa shape index (κ3) is 4.20. The van der Waals surface area contributed by atoms with Gasteiger partial charge >= 0.3 is 0 Å². The number of aliphatic hydroxyl groups excluding tert-OH is 1. The molecule has 0 aliphatic heterocycles. The highest BCUT2D eigenvalue weighted by molar-refractivity contribution is 5.92. The van der Waals surface area contributed by atoms with Crippen LogP contribution in [0.2, 0.25) is 0 Å². The van der Waals surface area contributed by atoms with Gasteiger partial charge in [-0.2, -0.15) is 5.10 Å². The zero-order valence-corrected chi connectivity index (χ0v) is 11.8. The van der Waals surface area contributed by atoms with E-state index < -0.39 is 0 Å². The van der Waals surface area contributed by atoms with Crippen LogP contribution in [-0.2, 0) is 13.6 Å². The van der Waals surface area contributed by atoms with Crippen LogP contribution in [0.3, 0.4) is 0 Å². The fraction of sp³-hybridized carbons (Fsp3) is 0.250. The van der Waals surface area contributed by atoms with Gasteiger partial charge in [0.1, 0.15) is 5.69 Å². The number of aliphatic hydroxyl groups is 1. The monoisotopic (exact) mass is 283 g/mol. The molecule has 2 rings (SSSR count). The molecule has 1 amide bonds. The van der Waals surface area contributed by atoms with E-state index in [-0.39, 0.29) is 12.5 Å². The molecule has 2 N–H and O–H groups in total. The highest BCUT2D eigenvalue weighted by Gasteiger charge is 2.08. The zero-order valence-electron chi connectivity index (χ0n) is 11.8. The average Bonchev–Trinajstić information content (AvgIpc) is 2.93. The van der Waals surface area contributed by atoms with E-state index in [9.17, 15) is 4.79 Å². The van der Waals surface area contributed by atoms with Crippen molar-refractivity contribution in [3.8, 4) is 11.8 Å². The van der Waals surface area contributed by atoms with Gasteiger partial charge in [0.05, 0.1) is 6.61 Å². The van der Waals surface area contributed by atoms with Crippen molar-refractivity contribution in [2.24, 2.45) is 7.05 Å². The Kier molecular flexibility index (Phi) is 5.13. The molecule has 5 heteroatoms. The largest absolute Gasteiger partial charge is 0.395 e. The van der Waals surface area contributed by atoms with Crippen molar-refractivity contribution in [2.45, 2.75) is 13.0 Å². The second kappa shape index (κ2) is 7.27. The summed E-state index contributed by atoms with van der Waals surface area (Å²) in [5.74, 6) is 5.67. The fourth-order valence-electron chi connectivity index (χ4n) is 1.81. The first-order valence-electron chi connectivity index (χ1n) is 6.66. The Balaban J connectivity index is 2.03. The van der Waals surface area contributed by atoms with Crippen molar-refractivity contribution >= 4 is 5.91 Å². The van der Waals surface area contributed by atoms with Crippen molar-refractivity contribution in [1.29, 1.82) is 0 Å². The third-order valence-corrected chi connectivity index (χ3v) is 2.86. The van der Waals surface area contributed by atoms with Gasteiger partial charge in [-0.05, 0) is 17.7 Å². The van der Waals surface area contributed by atoms with Crippen LogP contribution in [0.1, 0.15) is 28.0 Å². The molecule has 0 unspecified atom stereocenters. The van der Waals surface area contributed by atoms with Gasteiger partial charge in [-0.15, -0.1) is 0 Å². The van der Waals surface area contributed by atoms with Gasteiger partial charge in [0.25, 0.3) is 5.91 Å². The highest BCUT2D eigenvalue weighted by Crippen LogP contribution is 2.07. The zero-order chi connectivity index (χ0) is 15.1. The van der Waals surface area contributed by atoms with E-state index in [1.807, 2.05) is 24.3 Å². The predicted octanol–water partition coefficient (Wildman–Crippen LogP) is 1.08. The maximum Gasteiger partial charge on any atom is 0.272 e. The van der Waals surface area contributed by atoms with E-state index in [1.54, 1.807) is 24.0 Å². The summed E-state index contributed by atoms with van der Waals surface area (Å²) in [6, 6.07) is 9.28. The standard InChI is InChI=1S/C16H17N3O2/c1-19-10-9-15(18-19)16(21)17-12-14-8-3-2-6-13(14)7-4-5-11-20/h2-3,6,8-10,20H,5,11-12H2,1H3,(H,17,21). The van der Waals surface area contributed by atoms with Gasteiger partial charge < -0.3 is 10.4 Å². The van der Waals surface area contributed by atoms with Gasteiger partial charge in [-0.1, -0.05) is 30.0 Å². The number of rotatable bonds is 4. The van der Waals surface area contributed by atoms with E-state index >= 15 is 0 Å². The molecule has 1 aromatic heterocycles. The van der Waals surface area contributed by atoms with E-state index in [2.05, 4.69) is 22.3 Å². The number of aromatic nitrogens is 2. The van der Waals surface area contributed by atoms with Crippen LogP contribution in [-0.4, -0.2) is 27.4 Å². The molecule has 108 valence electrons. The summed E-state index contributed by atoms with van der Waals surface area (Å²) < 4.78 is 1.59. The van der Waals surface area contributed by atoms with Crippen LogP contribution in [0, 0.1) is 11.8 Å². The lowest BCUT2D eigenvalue weighted by atomic mass is 10.1. The smallest absolute Gasteiger partial charge is 0.272 e. The predicted molar refractivity (Wildman–Crippen MR) is 79.4 cm³/mol. The summed E-state index contributed by atoms with van der Waals surface area (Å²) in [6.45, 7) is 0.435. The first-order valence-corrected chi connectivity index (χ1v) is 6.66. The van der Waals surface area contributed by atoms with Crippen molar-refractivity contribution < 1.29 is 9.90 Å². The number of nitrogens with zero attached hydrogens (tertiary/aromatic N) is 2. The molecule has 0 saturated heterocycles. The molecule has 5 nitrogen and oxygen atoms in total. The lowest BCUT2D eigenvalue weighted by Crippen LogP contribution is -2.23. The van der Waals surface area contributed by atoms with Gasteiger partial charge in [0.15, 0.2) is 0 Å². The molecule has 0 atom stereocenters. The molecule has 0 aliphatic carbocycles. The van der Waals surface area contributed by atoms with Crippen molar-refractivity contribution in [3.63, 3.8) is 0 Å². The molecular weight excluding hydrogens is 266 g/mol. The number of carbonyl (C=O) groups is 1. The minimum atomic E-state index is -0.214. The molecule has 0 saturated carbocycles. The van der Waals surface area contributed by atoms with E-state index in [0.29, 0.717) is 18.7 Å². The number of carbonyl (C=O) groups excluding carboxylic acids is 1. The maximum atomic E-state index is 11.9. The molecule has 0 radical (unpaired) electrons. The van der Waals surface area contributed by atoms with Gasteiger partial charge in [-0.3, -0.25) is 9.48 Å². The molecule has 0 bridgehead atoms. The van der Waals surface area contributed by atoms with Crippen LogP contribution in [0.5, 0.6) is 0 Å². The highest BCUT2D eigenvalue weighted by atomic mass is 16.2. The molecule has 1 aromatic carbocycles. The minimum Gasteiger partial charge on any atom is -0.395 e. The Morgan fingerprint density at radius 1 is 1.38 bits per heavy atom. The number of nitrogens with one attached hydrogen (secondary N) is 1. The number of hydrogen-bond acceptors (Lipinski definition) is 3. The molecular formula is C16H17N3O2. The van der Waals surface area contributed by atoms with E-state index in [1.165, 1.54) is 0 Å². The topological polar surface area (TPSA) is 67.2 Å². The van der Waals surface area contributed by atoms with Crippen LogP contribution in [0.15, 0.2) is 36.5 Å². The first kappa shape index (κ1) is 14.8. The summed E-state index contributed by atoms with van der Waals surface area (Å²) in [5, 5.41) is 15.6. The second-order valence-electron chi connectivity index (χ2n) is 4.49. The SMILES string of the molecule is Cn1ccc(C(=O)NCc2ccccc2C#CCCO)n1. The van der Waals surface area contributed by atoms with Crippen LogP contribution < -0.4 is 5.32 Å². The van der Waals surface area contributed by atoms with Gasteiger partial charge in [0.2, 0.25) is 0 Å². The number of hydrogen-bond donors (Lipinski definition) is 2. The summed E-state index contributed by atoms with van der Waals surface area (Å²) in [5.41, 5.74) is 2.18. The summed E-state index contributed by atoms with van der Waals surface area (Å²) >= 11 is 0. The fourth-order valence-corrected chi connectivity index (χ4v) is 1.81. The summed E-state index contributed by atoms with van der Waals surface area (Å²) in [7, 11) is 1.77. The molecule has 0 aliphatic rings. The normalized spacial score (nSPS) is 9.81. The summed E-state index contributed by atoms with van der Waals surface area (Å²) in [6.07, 6.45) is 2.16. The van der Waals surface area contributed by atoms with Crippen LogP contribution >= 0.6 is 0 Å². The summed E-state index contributed by atoms with van der Waals surface area (Å²) in [4.78, 5) is 11.9. The number of benzene rings is 1. The maximum absolute atomic E-state index is 11.9. The first-order chi connectivity index (χ1) is 10.2. The van der Waals surface area contributed by atoms with Crippen LogP contribution in [0.4, 0.5) is 0 Å². The molecule has 0 spiro atoms. The Morgan fingerprint density at radius 2 is 2.19 bits per heavy atom. The Morgan fingerprint density at radius 3 is 2.90 bits per heavy atom. The lowest BCUT2D eigenvalue weighted by Gasteiger charge is -2.06.